The Hall–Kier alpha value is -1.25. The maximum absolute atomic E-state index is 12.9. The Morgan fingerprint density at radius 3 is 2.64 bits per heavy atom. The number of furan rings is 1. The molecule has 122 valence electrons. The molecule has 0 N–H and O–H groups in total. The van der Waals surface area contributed by atoms with Crippen LogP contribution in [0.15, 0.2) is 16.5 Å². The molecule has 0 bridgehead atoms. The third-order valence-corrected chi connectivity index (χ3v) is 5.37. The van der Waals surface area contributed by atoms with Crippen molar-refractivity contribution in [1.82, 2.24) is 4.90 Å². The van der Waals surface area contributed by atoms with Crippen molar-refractivity contribution in [2.24, 2.45) is 5.92 Å². The van der Waals surface area contributed by atoms with Gasteiger partial charge in [0.05, 0.1) is 6.04 Å². The molecule has 3 rings (SSSR count). The molecule has 1 aromatic heterocycles. The van der Waals surface area contributed by atoms with Crippen molar-refractivity contribution in [3.8, 4) is 0 Å². The summed E-state index contributed by atoms with van der Waals surface area (Å²) < 4.78 is 5.98. The second-order valence-corrected chi connectivity index (χ2v) is 6.96. The maximum atomic E-state index is 12.9. The first-order chi connectivity index (χ1) is 10.8. The van der Waals surface area contributed by atoms with Crippen LogP contribution in [-0.2, 0) is 11.2 Å². The van der Waals surface area contributed by atoms with Crippen LogP contribution in [0.3, 0.4) is 0 Å². The largest absolute Gasteiger partial charge is 0.464 e. The fourth-order valence-electron chi connectivity index (χ4n) is 4.04. The van der Waals surface area contributed by atoms with E-state index in [0.29, 0.717) is 11.8 Å². The molecule has 2 heterocycles. The highest BCUT2D eigenvalue weighted by molar-refractivity contribution is 5.77. The standard InChI is InChI=1S/C19H29NO2/c1-2-16-11-12-18(22-16)17-10-4-3-7-13-20(17)19(21)14-15-8-5-6-9-15/h11-12,15,17H,2-10,13-14H2,1H3. The van der Waals surface area contributed by atoms with Crippen LogP contribution in [0, 0.1) is 5.92 Å². The number of amides is 1. The average Bonchev–Trinajstić information content (AvgIpc) is 3.14. The summed E-state index contributed by atoms with van der Waals surface area (Å²) in [6, 6.07) is 4.32. The third-order valence-electron chi connectivity index (χ3n) is 5.37. The molecular formula is C19H29NO2. The summed E-state index contributed by atoms with van der Waals surface area (Å²) in [6.45, 7) is 3.01. The Bertz CT molecular complexity index is 487. The summed E-state index contributed by atoms with van der Waals surface area (Å²) >= 11 is 0. The van der Waals surface area contributed by atoms with E-state index in [1.54, 1.807) is 0 Å². The molecule has 1 aromatic rings. The van der Waals surface area contributed by atoms with Gasteiger partial charge in [-0.2, -0.15) is 0 Å². The molecule has 2 fully saturated rings. The van der Waals surface area contributed by atoms with Crippen molar-refractivity contribution in [1.29, 1.82) is 0 Å². The van der Waals surface area contributed by atoms with E-state index in [1.165, 1.54) is 38.5 Å². The van der Waals surface area contributed by atoms with Crippen LogP contribution in [0.4, 0.5) is 0 Å². The van der Waals surface area contributed by atoms with Crippen LogP contribution in [0.1, 0.15) is 82.3 Å². The predicted octanol–water partition coefficient (Wildman–Crippen LogP) is 4.87. The Balaban J connectivity index is 1.73. The second kappa shape index (κ2) is 7.34. The van der Waals surface area contributed by atoms with E-state index >= 15 is 0 Å². The van der Waals surface area contributed by atoms with Gasteiger partial charge in [-0.15, -0.1) is 0 Å². The fraction of sp³-hybridized carbons (Fsp3) is 0.737. The van der Waals surface area contributed by atoms with Crippen molar-refractivity contribution < 1.29 is 9.21 Å². The van der Waals surface area contributed by atoms with Crippen LogP contribution in [0.5, 0.6) is 0 Å². The molecular weight excluding hydrogens is 274 g/mol. The molecule has 0 spiro atoms. The van der Waals surface area contributed by atoms with Gasteiger partial charge in [0, 0.05) is 19.4 Å². The van der Waals surface area contributed by atoms with E-state index in [-0.39, 0.29) is 6.04 Å². The Kier molecular flexibility index (Phi) is 5.22. The molecule has 1 aliphatic carbocycles. The number of likely N-dealkylation sites (tertiary alicyclic amines) is 1. The lowest BCUT2D eigenvalue weighted by atomic mass is 10.0. The van der Waals surface area contributed by atoms with E-state index in [4.69, 9.17) is 4.42 Å². The van der Waals surface area contributed by atoms with Gasteiger partial charge in [0.25, 0.3) is 0 Å². The predicted molar refractivity (Wildman–Crippen MR) is 87.6 cm³/mol. The molecule has 0 aromatic carbocycles. The Morgan fingerprint density at radius 2 is 1.91 bits per heavy atom. The Labute approximate surface area is 134 Å². The van der Waals surface area contributed by atoms with Gasteiger partial charge in [0.15, 0.2) is 0 Å². The quantitative estimate of drug-likeness (QED) is 0.795. The van der Waals surface area contributed by atoms with Crippen molar-refractivity contribution in [3.63, 3.8) is 0 Å². The van der Waals surface area contributed by atoms with Gasteiger partial charge in [0.1, 0.15) is 11.5 Å². The SMILES string of the molecule is CCc1ccc(C2CCCCCN2C(=O)CC2CCCC2)o1. The van der Waals surface area contributed by atoms with Crippen molar-refractivity contribution >= 4 is 5.91 Å². The molecule has 1 aliphatic heterocycles. The zero-order valence-corrected chi connectivity index (χ0v) is 13.9. The molecule has 1 amide bonds. The molecule has 3 nitrogen and oxygen atoms in total. The molecule has 0 radical (unpaired) electrons. The first-order valence-electron chi connectivity index (χ1n) is 9.16. The molecule has 1 saturated carbocycles. The lowest BCUT2D eigenvalue weighted by Crippen LogP contribution is -2.35. The average molecular weight is 303 g/mol. The minimum atomic E-state index is 0.164. The van der Waals surface area contributed by atoms with E-state index < -0.39 is 0 Å². The monoisotopic (exact) mass is 303 g/mol. The number of carbonyl (C=O) groups excluding carboxylic acids is 1. The second-order valence-electron chi connectivity index (χ2n) is 6.96. The summed E-state index contributed by atoms with van der Waals surface area (Å²) in [6.07, 6.45) is 11.4. The zero-order valence-electron chi connectivity index (χ0n) is 13.9. The van der Waals surface area contributed by atoms with Gasteiger partial charge in [0.2, 0.25) is 5.91 Å². The van der Waals surface area contributed by atoms with Crippen LogP contribution < -0.4 is 0 Å². The number of rotatable bonds is 4. The van der Waals surface area contributed by atoms with Gasteiger partial charge < -0.3 is 9.32 Å². The normalized spacial score (nSPS) is 23.7. The van der Waals surface area contributed by atoms with Gasteiger partial charge in [-0.1, -0.05) is 32.6 Å². The van der Waals surface area contributed by atoms with E-state index in [0.717, 1.165) is 43.7 Å². The van der Waals surface area contributed by atoms with Gasteiger partial charge in [-0.05, 0) is 43.7 Å². The minimum Gasteiger partial charge on any atom is -0.464 e. The van der Waals surface area contributed by atoms with Gasteiger partial charge in [-0.3, -0.25) is 4.79 Å². The molecule has 1 saturated heterocycles. The molecule has 1 atom stereocenters. The van der Waals surface area contributed by atoms with Gasteiger partial charge >= 0.3 is 0 Å². The lowest BCUT2D eigenvalue weighted by Gasteiger charge is -2.29. The van der Waals surface area contributed by atoms with Crippen molar-refractivity contribution in [2.75, 3.05) is 6.54 Å². The first-order valence-corrected chi connectivity index (χ1v) is 9.16. The zero-order chi connectivity index (χ0) is 15.4. The van der Waals surface area contributed by atoms with Crippen LogP contribution in [0.2, 0.25) is 0 Å². The summed E-state index contributed by atoms with van der Waals surface area (Å²) in [5.41, 5.74) is 0. The number of carbonyl (C=O) groups is 1. The summed E-state index contributed by atoms with van der Waals surface area (Å²) in [7, 11) is 0. The number of hydrogen-bond donors (Lipinski definition) is 0. The molecule has 1 unspecified atom stereocenters. The molecule has 3 heteroatoms. The van der Waals surface area contributed by atoms with Crippen LogP contribution >= 0.6 is 0 Å². The smallest absolute Gasteiger partial charge is 0.223 e. The van der Waals surface area contributed by atoms with E-state index in [2.05, 4.69) is 24.0 Å². The molecule has 2 aliphatic rings. The Morgan fingerprint density at radius 1 is 1.14 bits per heavy atom. The van der Waals surface area contributed by atoms with E-state index in [9.17, 15) is 4.79 Å². The van der Waals surface area contributed by atoms with Crippen LogP contribution in [-0.4, -0.2) is 17.4 Å². The lowest BCUT2D eigenvalue weighted by molar-refractivity contribution is -0.135. The van der Waals surface area contributed by atoms with Crippen LogP contribution in [0.25, 0.3) is 0 Å². The highest BCUT2D eigenvalue weighted by atomic mass is 16.3. The summed E-state index contributed by atoms with van der Waals surface area (Å²) in [5.74, 6) is 3.01. The summed E-state index contributed by atoms with van der Waals surface area (Å²) in [5, 5.41) is 0. The first kappa shape index (κ1) is 15.6. The minimum absolute atomic E-state index is 0.164. The number of aryl methyl sites for hydroxylation is 1. The maximum Gasteiger partial charge on any atom is 0.223 e. The highest BCUT2D eigenvalue weighted by Gasteiger charge is 2.30. The molecule has 22 heavy (non-hydrogen) atoms. The van der Waals surface area contributed by atoms with E-state index in [1.807, 2.05) is 0 Å². The highest BCUT2D eigenvalue weighted by Crippen LogP contribution is 2.34. The number of hydrogen-bond acceptors (Lipinski definition) is 2. The fourth-order valence-corrected chi connectivity index (χ4v) is 4.04. The van der Waals surface area contributed by atoms with Crippen molar-refractivity contribution in [3.05, 3.63) is 23.7 Å². The topological polar surface area (TPSA) is 33.5 Å². The summed E-state index contributed by atoms with van der Waals surface area (Å²) in [4.78, 5) is 15.0. The third kappa shape index (κ3) is 3.56. The van der Waals surface area contributed by atoms with Crippen molar-refractivity contribution in [2.45, 2.75) is 77.2 Å². The van der Waals surface area contributed by atoms with Gasteiger partial charge in [-0.25, -0.2) is 0 Å². The number of nitrogens with zero attached hydrogens (tertiary/aromatic N) is 1.